The van der Waals surface area contributed by atoms with Crippen molar-refractivity contribution >= 4 is 17.5 Å². The van der Waals surface area contributed by atoms with Gasteiger partial charge in [0.15, 0.2) is 0 Å². The Kier molecular flexibility index (Phi) is 4.25. The van der Waals surface area contributed by atoms with Gasteiger partial charge in [0.05, 0.1) is 5.56 Å². The minimum absolute atomic E-state index is 0.206. The Balaban J connectivity index is 1.88. The molecule has 2 rings (SSSR count). The highest BCUT2D eigenvalue weighted by Crippen LogP contribution is 2.10. The van der Waals surface area contributed by atoms with Crippen LogP contribution in [0.5, 0.6) is 0 Å². The lowest BCUT2D eigenvalue weighted by Crippen LogP contribution is -2.26. The first kappa shape index (κ1) is 12.5. The first-order valence-corrected chi connectivity index (χ1v) is 5.93. The molecule has 5 heteroatoms. The molecule has 1 amide bonds. The van der Waals surface area contributed by atoms with Crippen molar-refractivity contribution in [2.75, 3.05) is 6.54 Å². The Morgan fingerprint density at radius 3 is 2.72 bits per heavy atom. The fraction of sp³-hybridized carbons (Fsp3) is 0.154. The van der Waals surface area contributed by atoms with E-state index >= 15 is 0 Å². The summed E-state index contributed by atoms with van der Waals surface area (Å²) < 4.78 is 0. The maximum Gasteiger partial charge on any atom is 0.254 e. The van der Waals surface area contributed by atoms with Crippen molar-refractivity contribution in [1.29, 1.82) is 0 Å². The molecule has 0 aliphatic rings. The number of rotatable bonds is 4. The molecule has 0 unspecified atom stereocenters. The van der Waals surface area contributed by atoms with Gasteiger partial charge in [0.1, 0.15) is 5.15 Å². The molecule has 0 saturated carbocycles. The number of carbonyl (C=O) groups is 1. The van der Waals surface area contributed by atoms with Crippen LogP contribution in [0.3, 0.4) is 0 Å². The Morgan fingerprint density at radius 1 is 1.22 bits per heavy atom. The molecule has 0 saturated heterocycles. The topological polar surface area (TPSA) is 54.9 Å². The summed E-state index contributed by atoms with van der Waals surface area (Å²) in [6.45, 7) is 0.550. The molecule has 2 aromatic heterocycles. The summed E-state index contributed by atoms with van der Waals surface area (Å²) in [5, 5.41) is 3.03. The van der Waals surface area contributed by atoms with E-state index in [0.29, 0.717) is 12.1 Å². The largest absolute Gasteiger partial charge is 0.352 e. The van der Waals surface area contributed by atoms with E-state index in [2.05, 4.69) is 15.3 Å². The molecule has 0 radical (unpaired) electrons. The van der Waals surface area contributed by atoms with Crippen LogP contribution in [-0.2, 0) is 6.42 Å². The molecule has 92 valence electrons. The zero-order chi connectivity index (χ0) is 12.8. The molecule has 1 N–H and O–H groups in total. The van der Waals surface area contributed by atoms with E-state index in [9.17, 15) is 4.79 Å². The summed E-state index contributed by atoms with van der Waals surface area (Å²) in [6.07, 6.45) is 5.77. The molecule has 0 atom stereocenters. The fourth-order valence-electron chi connectivity index (χ4n) is 1.52. The molecule has 18 heavy (non-hydrogen) atoms. The maximum atomic E-state index is 11.8. The summed E-state index contributed by atoms with van der Waals surface area (Å²) in [6, 6.07) is 7.17. The van der Waals surface area contributed by atoms with Gasteiger partial charge in [-0.3, -0.25) is 9.78 Å². The SMILES string of the molecule is O=C(NCCc1ccncc1)c1cccnc1Cl. The second-order valence-electron chi connectivity index (χ2n) is 3.70. The lowest BCUT2D eigenvalue weighted by Gasteiger charge is -2.05. The smallest absolute Gasteiger partial charge is 0.254 e. The number of nitrogens with zero attached hydrogens (tertiary/aromatic N) is 2. The molecule has 0 aromatic carbocycles. The highest BCUT2D eigenvalue weighted by atomic mass is 35.5. The van der Waals surface area contributed by atoms with Crippen LogP contribution >= 0.6 is 11.6 Å². The van der Waals surface area contributed by atoms with E-state index in [1.54, 1.807) is 30.7 Å². The molecule has 2 heterocycles. The average molecular weight is 262 g/mol. The van der Waals surface area contributed by atoms with Gasteiger partial charge in [0.2, 0.25) is 0 Å². The van der Waals surface area contributed by atoms with Crippen molar-refractivity contribution in [3.63, 3.8) is 0 Å². The van der Waals surface area contributed by atoms with Gasteiger partial charge in [-0.05, 0) is 36.2 Å². The van der Waals surface area contributed by atoms with Crippen LogP contribution in [-0.4, -0.2) is 22.4 Å². The van der Waals surface area contributed by atoms with Crippen molar-refractivity contribution in [3.05, 3.63) is 59.1 Å². The van der Waals surface area contributed by atoms with Gasteiger partial charge in [-0.1, -0.05) is 11.6 Å². The molecular weight excluding hydrogens is 250 g/mol. The monoisotopic (exact) mass is 261 g/mol. The van der Waals surface area contributed by atoms with Crippen molar-refractivity contribution in [2.24, 2.45) is 0 Å². The Labute approximate surface area is 110 Å². The number of carbonyl (C=O) groups excluding carboxylic acids is 1. The molecule has 4 nitrogen and oxygen atoms in total. The lowest BCUT2D eigenvalue weighted by atomic mass is 10.2. The third-order valence-corrected chi connectivity index (χ3v) is 2.75. The van der Waals surface area contributed by atoms with Gasteiger partial charge in [-0.2, -0.15) is 0 Å². The molecule has 0 fully saturated rings. The van der Waals surface area contributed by atoms with Crippen LogP contribution in [0.1, 0.15) is 15.9 Å². The first-order chi connectivity index (χ1) is 8.77. The van der Waals surface area contributed by atoms with Crippen LogP contribution in [0.4, 0.5) is 0 Å². The molecule has 0 aliphatic heterocycles. The van der Waals surface area contributed by atoms with Gasteiger partial charge < -0.3 is 5.32 Å². The molecule has 2 aromatic rings. The fourth-order valence-corrected chi connectivity index (χ4v) is 1.73. The average Bonchev–Trinajstić information content (AvgIpc) is 2.40. The van der Waals surface area contributed by atoms with Crippen LogP contribution < -0.4 is 5.32 Å². The number of hydrogen-bond acceptors (Lipinski definition) is 3. The quantitative estimate of drug-likeness (QED) is 0.858. The second-order valence-corrected chi connectivity index (χ2v) is 4.06. The maximum absolute atomic E-state index is 11.8. The van der Waals surface area contributed by atoms with Crippen molar-refractivity contribution in [2.45, 2.75) is 6.42 Å². The van der Waals surface area contributed by atoms with Crippen LogP contribution in [0.2, 0.25) is 5.15 Å². The predicted molar refractivity (Wildman–Crippen MR) is 69.5 cm³/mol. The number of pyridine rings is 2. The van der Waals surface area contributed by atoms with Gasteiger partial charge in [-0.25, -0.2) is 4.98 Å². The minimum atomic E-state index is -0.206. The second kappa shape index (κ2) is 6.12. The Morgan fingerprint density at radius 2 is 2.00 bits per heavy atom. The standard InChI is InChI=1S/C13H12ClN3O/c14-12-11(2-1-6-16-12)13(18)17-9-5-10-3-7-15-8-4-10/h1-4,6-8H,5,9H2,(H,17,18). The third-order valence-electron chi connectivity index (χ3n) is 2.45. The summed E-state index contributed by atoms with van der Waals surface area (Å²) >= 11 is 5.83. The zero-order valence-electron chi connectivity index (χ0n) is 9.64. The zero-order valence-corrected chi connectivity index (χ0v) is 10.4. The number of hydrogen-bond donors (Lipinski definition) is 1. The van der Waals surface area contributed by atoms with Crippen molar-refractivity contribution in [1.82, 2.24) is 15.3 Å². The molecule has 0 bridgehead atoms. The van der Waals surface area contributed by atoms with Gasteiger partial charge in [0.25, 0.3) is 5.91 Å². The minimum Gasteiger partial charge on any atom is -0.352 e. The van der Waals surface area contributed by atoms with E-state index in [4.69, 9.17) is 11.6 Å². The van der Waals surface area contributed by atoms with Gasteiger partial charge in [-0.15, -0.1) is 0 Å². The van der Waals surface area contributed by atoms with E-state index in [0.717, 1.165) is 12.0 Å². The highest BCUT2D eigenvalue weighted by Gasteiger charge is 2.09. The Hall–Kier alpha value is -1.94. The summed E-state index contributed by atoms with van der Waals surface area (Å²) in [4.78, 5) is 19.6. The van der Waals surface area contributed by atoms with Gasteiger partial charge >= 0.3 is 0 Å². The lowest BCUT2D eigenvalue weighted by molar-refractivity contribution is 0.0954. The molecular formula is C13H12ClN3O. The van der Waals surface area contributed by atoms with E-state index < -0.39 is 0 Å². The first-order valence-electron chi connectivity index (χ1n) is 5.55. The number of amides is 1. The summed E-state index contributed by atoms with van der Waals surface area (Å²) in [5.41, 5.74) is 1.52. The number of nitrogens with one attached hydrogen (secondary N) is 1. The normalized spacial score (nSPS) is 10.1. The number of aromatic nitrogens is 2. The highest BCUT2D eigenvalue weighted by molar-refractivity contribution is 6.32. The summed E-state index contributed by atoms with van der Waals surface area (Å²) in [5.74, 6) is -0.206. The van der Waals surface area contributed by atoms with Crippen LogP contribution in [0.25, 0.3) is 0 Å². The van der Waals surface area contributed by atoms with Gasteiger partial charge in [0, 0.05) is 25.1 Å². The van der Waals surface area contributed by atoms with Crippen LogP contribution in [0.15, 0.2) is 42.9 Å². The van der Waals surface area contributed by atoms with E-state index in [1.165, 1.54) is 0 Å². The predicted octanol–water partition coefficient (Wildman–Crippen LogP) is 2.10. The van der Waals surface area contributed by atoms with E-state index in [1.807, 2.05) is 12.1 Å². The molecule has 0 spiro atoms. The van der Waals surface area contributed by atoms with Crippen molar-refractivity contribution in [3.8, 4) is 0 Å². The number of halogens is 1. The Bertz CT molecular complexity index is 531. The van der Waals surface area contributed by atoms with Crippen LogP contribution in [0, 0.1) is 0 Å². The van der Waals surface area contributed by atoms with E-state index in [-0.39, 0.29) is 11.1 Å². The summed E-state index contributed by atoms with van der Waals surface area (Å²) in [7, 11) is 0. The third kappa shape index (κ3) is 3.28. The molecule has 0 aliphatic carbocycles. The van der Waals surface area contributed by atoms with Crippen molar-refractivity contribution < 1.29 is 4.79 Å².